The summed E-state index contributed by atoms with van der Waals surface area (Å²) in [5.74, 6) is 0.152. The van der Waals surface area contributed by atoms with Crippen molar-refractivity contribution in [3.05, 3.63) is 29.8 Å². The van der Waals surface area contributed by atoms with Crippen LogP contribution >= 0.6 is 0 Å². The van der Waals surface area contributed by atoms with Crippen LogP contribution in [0.25, 0.3) is 0 Å². The molecule has 0 aromatic carbocycles. The highest BCUT2D eigenvalue weighted by Gasteiger charge is 2.14. The summed E-state index contributed by atoms with van der Waals surface area (Å²) in [7, 11) is 0. The van der Waals surface area contributed by atoms with Crippen LogP contribution < -0.4 is 10.6 Å². The fourth-order valence-corrected chi connectivity index (χ4v) is 1.51. The lowest BCUT2D eigenvalue weighted by Crippen LogP contribution is -2.15. The molecule has 100 valence electrons. The van der Waals surface area contributed by atoms with E-state index in [2.05, 4.69) is 25.8 Å². The topological polar surface area (TPSA) is 92.9 Å². The summed E-state index contributed by atoms with van der Waals surface area (Å²) in [6.45, 7) is 4.50. The third kappa shape index (κ3) is 3.27. The summed E-state index contributed by atoms with van der Waals surface area (Å²) in [6.07, 6.45) is 4.13. The molecule has 7 heteroatoms. The van der Waals surface area contributed by atoms with E-state index in [9.17, 15) is 4.79 Å². The average molecular weight is 261 g/mol. The highest BCUT2D eigenvalue weighted by atomic mass is 16.5. The lowest BCUT2D eigenvalue weighted by Gasteiger charge is -2.09. The van der Waals surface area contributed by atoms with Gasteiger partial charge in [-0.3, -0.25) is 15.1 Å². The molecule has 0 spiro atoms. The van der Waals surface area contributed by atoms with Gasteiger partial charge in [0.25, 0.3) is 5.91 Å². The Balaban J connectivity index is 2.14. The third-order valence-electron chi connectivity index (χ3n) is 2.38. The molecular formula is C12H15N5O2. The summed E-state index contributed by atoms with van der Waals surface area (Å²) in [4.78, 5) is 20.0. The Bertz CT molecular complexity index is 567. The molecule has 2 aromatic rings. The minimum absolute atomic E-state index is 0.0840. The Morgan fingerprint density at radius 3 is 3.00 bits per heavy atom. The van der Waals surface area contributed by atoms with Gasteiger partial charge >= 0.3 is 6.01 Å². The van der Waals surface area contributed by atoms with Crippen molar-refractivity contribution in [3.8, 4) is 0 Å². The number of rotatable bonds is 5. The zero-order chi connectivity index (χ0) is 13.7. The van der Waals surface area contributed by atoms with Gasteiger partial charge in [0.2, 0.25) is 0 Å². The van der Waals surface area contributed by atoms with E-state index in [0.717, 1.165) is 13.0 Å². The van der Waals surface area contributed by atoms with Crippen LogP contribution in [0.3, 0.4) is 0 Å². The van der Waals surface area contributed by atoms with Crippen molar-refractivity contribution in [1.82, 2.24) is 15.1 Å². The van der Waals surface area contributed by atoms with Crippen molar-refractivity contribution < 1.29 is 9.32 Å². The molecule has 2 aromatic heterocycles. The molecule has 19 heavy (non-hydrogen) atoms. The summed E-state index contributed by atoms with van der Waals surface area (Å²) in [5, 5.41) is 9.30. The van der Waals surface area contributed by atoms with E-state index >= 15 is 0 Å². The van der Waals surface area contributed by atoms with Crippen molar-refractivity contribution in [2.45, 2.75) is 20.3 Å². The van der Waals surface area contributed by atoms with Crippen LogP contribution in [0, 0.1) is 6.92 Å². The fourth-order valence-electron chi connectivity index (χ4n) is 1.51. The number of carbonyl (C=O) groups excluding carboxylic acids is 1. The first-order valence-electron chi connectivity index (χ1n) is 6.00. The van der Waals surface area contributed by atoms with Crippen molar-refractivity contribution >= 4 is 17.6 Å². The van der Waals surface area contributed by atoms with Gasteiger partial charge < -0.3 is 9.84 Å². The molecule has 0 aliphatic heterocycles. The fraction of sp³-hybridized carbons (Fsp3) is 0.333. The molecule has 0 fully saturated rings. The number of pyridine rings is 1. The molecule has 0 atom stereocenters. The van der Waals surface area contributed by atoms with Crippen LogP contribution in [-0.2, 0) is 0 Å². The van der Waals surface area contributed by atoms with Crippen molar-refractivity contribution in [2.24, 2.45) is 0 Å². The van der Waals surface area contributed by atoms with Gasteiger partial charge in [-0.25, -0.2) is 0 Å². The lowest BCUT2D eigenvalue weighted by atomic mass is 10.2. The monoisotopic (exact) mass is 261 g/mol. The van der Waals surface area contributed by atoms with E-state index in [1.165, 1.54) is 0 Å². The van der Waals surface area contributed by atoms with Crippen LogP contribution in [0.15, 0.2) is 23.0 Å². The van der Waals surface area contributed by atoms with Gasteiger partial charge in [0.1, 0.15) is 0 Å². The Morgan fingerprint density at radius 2 is 2.32 bits per heavy atom. The Hall–Kier alpha value is -2.44. The van der Waals surface area contributed by atoms with E-state index in [0.29, 0.717) is 17.1 Å². The Morgan fingerprint density at radius 1 is 1.47 bits per heavy atom. The largest absolute Gasteiger partial charge is 0.383 e. The predicted octanol–water partition coefficient (Wildman–Crippen LogP) is 1.85. The second-order valence-corrected chi connectivity index (χ2v) is 3.95. The number of nitrogens with zero attached hydrogens (tertiary/aromatic N) is 3. The molecule has 7 nitrogen and oxygen atoms in total. The van der Waals surface area contributed by atoms with E-state index < -0.39 is 0 Å². The number of anilines is 2. The van der Waals surface area contributed by atoms with Crippen LogP contribution in [0.5, 0.6) is 0 Å². The molecule has 0 bridgehead atoms. The van der Waals surface area contributed by atoms with Gasteiger partial charge in [-0.1, -0.05) is 12.1 Å². The average Bonchev–Trinajstić information content (AvgIpc) is 2.82. The third-order valence-corrected chi connectivity index (χ3v) is 2.38. The van der Waals surface area contributed by atoms with Crippen LogP contribution in [0.1, 0.15) is 29.5 Å². The number of amides is 1. The van der Waals surface area contributed by atoms with Crippen molar-refractivity contribution in [1.29, 1.82) is 0 Å². The summed E-state index contributed by atoms with van der Waals surface area (Å²) >= 11 is 0. The predicted molar refractivity (Wildman–Crippen MR) is 70.0 cm³/mol. The maximum Gasteiger partial charge on any atom is 0.328 e. The Kier molecular flexibility index (Phi) is 4.07. The van der Waals surface area contributed by atoms with Crippen molar-refractivity contribution in [2.75, 3.05) is 17.2 Å². The molecule has 1 amide bonds. The maximum atomic E-state index is 12.1. The molecule has 2 N–H and O–H groups in total. The van der Waals surface area contributed by atoms with Gasteiger partial charge in [-0.15, -0.1) is 0 Å². The van der Waals surface area contributed by atoms with Gasteiger partial charge in [-0.2, -0.15) is 4.98 Å². The van der Waals surface area contributed by atoms with Crippen LogP contribution in [-0.4, -0.2) is 27.6 Å². The second-order valence-electron chi connectivity index (χ2n) is 3.95. The molecular weight excluding hydrogens is 246 g/mol. The molecule has 0 aliphatic rings. The van der Waals surface area contributed by atoms with E-state index in [-0.39, 0.29) is 11.9 Å². The molecule has 0 saturated heterocycles. The number of carbonyl (C=O) groups is 1. The maximum absolute atomic E-state index is 12.1. The van der Waals surface area contributed by atoms with Crippen LogP contribution in [0.2, 0.25) is 0 Å². The van der Waals surface area contributed by atoms with E-state index in [1.807, 2.05) is 6.92 Å². The minimum Gasteiger partial charge on any atom is -0.383 e. The standard InChI is InChI=1S/C12H15N5O2/c1-3-5-14-10-7-13-6-4-9(10)11(18)16-12-15-8(2)17-19-12/h4,6-7,14H,3,5H2,1-2H3,(H,15,16,17,18). The first-order valence-corrected chi connectivity index (χ1v) is 6.00. The summed E-state index contributed by atoms with van der Waals surface area (Å²) < 4.78 is 4.85. The second kappa shape index (κ2) is 5.94. The lowest BCUT2D eigenvalue weighted by molar-refractivity contribution is 0.102. The summed E-state index contributed by atoms with van der Waals surface area (Å²) in [5.41, 5.74) is 1.16. The SMILES string of the molecule is CCCNc1cnccc1C(=O)Nc1nc(C)no1. The number of hydrogen-bond donors (Lipinski definition) is 2. The molecule has 2 heterocycles. The highest BCUT2D eigenvalue weighted by Crippen LogP contribution is 2.15. The zero-order valence-electron chi connectivity index (χ0n) is 10.8. The van der Waals surface area contributed by atoms with Crippen molar-refractivity contribution in [3.63, 3.8) is 0 Å². The van der Waals surface area contributed by atoms with Gasteiger partial charge in [0.05, 0.1) is 17.4 Å². The first-order chi connectivity index (χ1) is 9.20. The number of aromatic nitrogens is 3. The molecule has 2 rings (SSSR count). The molecule has 0 unspecified atom stereocenters. The number of hydrogen-bond acceptors (Lipinski definition) is 6. The van der Waals surface area contributed by atoms with Gasteiger partial charge in [-0.05, 0) is 19.4 Å². The quantitative estimate of drug-likeness (QED) is 0.853. The summed E-state index contributed by atoms with van der Waals surface area (Å²) in [6, 6.07) is 1.72. The number of aryl methyl sites for hydroxylation is 1. The minimum atomic E-state index is -0.315. The van der Waals surface area contributed by atoms with E-state index in [1.54, 1.807) is 25.4 Å². The van der Waals surface area contributed by atoms with Gasteiger partial charge in [0.15, 0.2) is 5.82 Å². The Labute approximate surface area is 110 Å². The first kappa shape index (κ1) is 13.0. The molecule has 0 radical (unpaired) electrons. The normalized spacial score (nSPS) is 10.2. The molecule has 0 saturated carbocycles. The highest BCUT2D eigenvalue weighted by molar-refractivity contribution is 6.06. The molecule has 0 aliphatic carbocycles. The smallest absolute Gasteiger partial charge is 0.328 e. The zero-order valence-corrected chi connectivity index (χ0v) is 10.8. The van der Waals surface area contributed by atoms with Gasteiger partial charge in [0, 0.05) is 12.7 Å². The number of nitrogens with one attached hydrogen (secondary N) is 2. The van der Waals surface area contributed by atoms with Crippen LogP contribution in [0.4, 0.5) is 11.7 Å². The van der Waals surface area contributed by atoms with E-state index in [4.69, 9.17) is 4.52 Å².